The third-order valence-electron chi connectivity index (χ3n) is 6.88. The maximum absolute atomic E-state index is 6.84. The number of rotatable bonds is 6. The molecule has 1 N–H and O–H groups in total. The molecule has 1 aliphatic rings. The van der Waals surface area contributed by atoms with Gasteiger partial charge in [-0.15, -0.1) is 5.10 Å². The highest BCUT2D eigenvalue weighted by atomic mass is 35.5. The summed E-state index contributed by atoms with van der Waals surface area (Å²) in [5, 5.41) is 9.24. The topological polar surface area (TPSA) is 69.3 Å². The first-order valence-electron chi connectivity index (χ1n) is 12.2. The average Bonchev–Trinajstić information content (AvgIpc) is 3.65. The first kappa shape index (κ1) is 22.6. The number of benzene rings is 2. The number of nitrogens with one attached hydrogen (secondary N) is 1. The van der Waals surface area contributed by atoms with Crippen molar-refractivity contribution in [3.8, 4) is 39.7 Å². The van der Waals surface area contributed by atoms with Gasteiger partial charge in [-0.2, -0.15) is 0 Å². The second-order valence-electron chi connectivity index (χ2n) is 9.17. The molecule has 5 aromatic rings. The van der Waals surface area contributed by atoms with Gasteiger partial charge in [-0.05, 0) is 24.5 Å². The summed E-state index contributed by atoms with van der Waals surface area (Å²) >= 11 is 6.84. The zero-order valence-corrected chi connectivity index (χ0v) is 21.0. The van der Waals surface area contributed by atoms with E-state index >= 15 is 0 Å². The number of aryl methyl sites for hydroxylation is 1. The molecule has 1 saturated carbocycles. The first-order valence-corrected chi connectivity index (χ1v) is 12.6. The van der Waals surface area contributed by atoms with E-state index in [0.29, 0.717) is 28.5 Å². The quantitative estimate of drug-likeness (QED) is 0.290. The molecule has 6 rings (SSSR count). The summed E-state index contributed by atoms with van der Waals surface area (Å²) < 4.78 is 9.38. The minimum atomic E-state index is 0.375. The number of hydrogen-bond acceptors (Lipinski definition) is 5. The number of fused-ring (bicyclic) bond motifs is 1. The van der Waals surface area contributed by atoms with E-state index in [1.54, 1.807) is 13.3 Å². The van der Waals surface area contributed by atoms with Gasteiger partial charge in [0.05, 0.1) is 12.1 Å². The molecule has 0 amide bonds. The molecule has 0 aliphatic heterocycles. The van der Waals surface area contributed by atoms with E-state index in [4.69, 9.17) is 26.4 Å². The zero-order valence-electron chi connectivity index (χ0n) is 20.3. The van der Waals surface area contributed by atoms with E-state index in [0.717, 1.165) is 46.4 Å². The summed E-state index contributed by atoms with van der Waals surface area (Å²) in [4.78, 5) is 9.54. The third-order valence-corrected chi connectivity index (χ3v) is 7.27. The fraction of sp³-hybridized carbons (Fsp3) is 0.250. The number of methoxy groups -OCH3 is 1. The highest BCUT2D eigenvalue weighted by Crippen LogP contribution is 2.44. The van der Waals surface area contributed by atoms with Gasteiger partial charge in [0.25, 0.3) is 0 Å². The van der Waals surface area contributed by atoms with Crippen molar-refractivity contribution >= 4 is 22.9 Å². The van der Waals surface area contributed by atoms with E-state index in [-0.39, 0.29) is 0 Å². The number of nitrogens with zero attached hydrogens (tertiary/aromatic N) is 5. The van der Waals surface area contributed by atoms with Crippen molar-refractivity contribution in [1.29, 1.82) is 0 Å². The number of anilines is 1. The van der Waals surface area contributed by atoms with Crippen LogP contribution in [0, 0.1) is 0 Å². The number of ether oxygens (including phenoxy) is 1. The van der Waals surface area contributed by atoms with Crippen molar-refractivity contribution in [2.45, 2.75) is 31.7 Å². The maximum Gasteiger partial charge on any atom is 0.218 e. The predicted octanol–water partition coefficient (Wildman–Crippen LogP) is 6.48. The van der Waals surface area contributed by atoms with Crippen LogP contribution in [0.1, 0.15) is 25.7 Å². The normalized spacial score (nSPS) is 14.0. The summed E-state index contributed by atoms with van der Waals surface area (Å²) in [5.41, 5.74) is 4.85. The predicted molar refractivity (Wildman–Crippen MR) is 144 cm³/mol. The van der Waals surface area contributed by atoms with Crippen LogP contribution in [-0.4, -0.2) is 37.3 Å². The molecule has 0 bridgehead atoms. The maximum atomic E-state index is 6.84. The lowest BCUT2D eigenvalue weighted by Crippen LogP contribution is -2.17. The van der Waals surface area contributed by atoms with E-state index < -0.39 is 0 Å². The molecular formula is C28H27ClN6O. The molecule has 0 saturated heterocycles. The lowest BCUT2D eigenvalue weighted by atomic mass is 9.97. The van der Waals surface area contributed by atoms with Crippen LogP contribution in [0.5, 0.6) is 5.75 Å². The van der Waals surface area contributed by atoms with Gasteiger partial charge in [-0.1, -0.05) is 66.9 Å². The minimum absolute atomic E-state index is 0.375. The Bertz CT molecular complexity index is 1530. The van der Waals surface area contributed by atoms with Crippen LogP contribution in [0.4, 0.5) is 5.82 Å². The molecule has 2 aromatic carbocycles. The molecule has 1 fully saturated rings. The molecule has 0 unspecified atom stereocenters. The summed E-state index contributed by atoms with van der Waals surface area (Å²) in [7, 11) is 3.58. The van der Waals surface area contributed by atoms with Gasteiger partial charge in [0.15, 0.2) is 11.6 Å². The molecule has 0 atom stereocenters. The SMILES string of the molecule is COc1cccc(-c2cn3nc(-c4nccn4C)nc(NC4CCCC4)c3c2-c2ccccc2)c1Cl. The Hall–Kier alpha value is -3.84. The van der Waals surface area contributed by atoms with Gasteiger partial charge in [0.1, 0.15) is 11.3 Å². The molecular weight excluding hydrogens is 472 g/mol. The van der Waals surface area contributed by atoms with E-state index in [1.807, 2.05) is 64.9 Å². The average molecular weight is 499 g/mol. The molecule has 0 spiro atoms. The van der Waals surface area contributed by atoms with Crippen molar-refractivity contribution < 1.29 is 4.74 Å². The fourth-order valence-electron chi connectivity index (χ4n) is 5.10. The highest BCUT2D eigenvalue weighted by Gasteiger charge is 2.25. The van der Waals surface area contributed by atoms with Crippen molar-refractivity contribution in [2.24, 2.45) is 7.05 Å². The summed E-state index contributed by atoms with van der Waals surface area (Å²) in [6, 6.07) is 16.6. The largest absolute Gasteiger partial charge is 0.495 e. The highest BCUT2D eigenvalue weighted by molar-refractivity contribution is 6.35. The second-order valence-corrected chi connectivity index (χ2v) is 9.55. The van der Waals surface area contributed by atoms with Crippen LogP contribution in [0.3, 0.4) is 0 Å². The lowest BCUT2D eigenvalue weighted by Gasteiger charge is -2.16. The van der Waals surface area contributed by atoms with Crippen LogP contribution >= 0.6 is 11.6 Å². The smallest absolute Gasteiger partial charge is 0.218 e. The van der Waals surface area contributed by atoms with Gasteiger partial charge >= 0.3 is 0 Å². The lowest BCUT2D eigenvalue weighted by molar-refractivity contribution is 0.415. The number of imidazole rings is 1. The van der Waals surface area contributed by atoms with E-state index in [2.05, 4.69) is 22.4 Å². The van der Waals surface area contributed by atoms with Gasteiger partial charge in [-0.3, -0.25) is 0 Å². The Labute approximate surface area is 214 Å². The number of halogens is 1. The Balaban J connectivity index is 1.67. The van der Waals surface area contributed by atoms with Crippen molar-refractivity contribution in [1.82, 2.24) is 24.1 Å². The molecule has 7 nitrogen and oxygen atoms in total. The second kappa shape index (κ2) is 9.32. The summed E-state index contributed by atoms with van der Waals surface area (Å²) in [6.07, 6.45) is 10.4. The Morgan fingerprint density at radius 1 is 1.03 bits per heavy atom. The van der Waals surface area contributed by atoms with Crippen molar-refractivity contribution in [2.75, 3.05) is 12.4 Å². The Morgan fingerprint density at radius 2 is 1.83 bits per heavy atom. The fourth-order valence-corrected chi connectivity index (χ4v) is 5.41. The first-order chi connectivity index (χ1) is 17.6. The molecule has 0 radical (unpaired) electrons. The molecule has 1 aliphatic carbocycles. The van der Waals surface area contributed by atoms with Crippen LogP contribution in [0.2, 0.25) is 5.02 Å². The number of hydrogen-bond donors (Lipinski definition) is 1. The van der Waals surface area contributed by atoms with Crippen LogP contribution in [0.25, 0.3) is 39.4 Å². The van der Waals surface area contributed by atoms with Crippen LogP contribution in [0.15, 0.2) is 67.1 Å². The molecule has 8 heteroatoms. The van der Waals surface area contributed by atoms with Crippen molar-refractivity contribution in [3.63, 3.8) is 0 Å². The van der Waals surface area contributed by atoms with E-state index in [1.165, 1.54) is 12.8 Å². The minimum Gasteiger partial charge on any atom is -0.495 e. The molecule has 182 valence electrons. The van der Waals surface area contributed by atoms with Gasteiger partial charge < -0.3 is 14.6 Å². The van der Waals surface area contributed by atoms with Gasteiger partial charge in [-0.25, -0.2) is 14.5 Å². The molecule has 3 aromatic heterocycles. The van der Waals surface area contributed by atoms with Gasteiger partial charge in [0, 0.05) is 48.4 Å². The van der Waals surface area contributed by atoms with Crippen molar-refractivity contribution in [3.05, 3.63) is 72.1 Å². The number of aromatic nitrogens is 5. The van der Waals surface area contributed by atoms with E-state index in [9.17, 15) is 0 Å². The standard InChI is InChI=1S/C28H27ClN6O/c1-34-16-15-30-28(34)27-32-26(31-19-11-6-7-12-19)25-23(18-9-4-3-5-10-18)21(17-35(25)33-27)20-13-8-14-22(36-2)24(20)29/h3-5,8-10,13-17,19H,6-7,11-12H2,1-2H3,(H,31,32,33). The van der Waals surface area contributed by atoms with Crippen LogP contribution in [-0.2, 0) is 7.05 Å². The zero-order chi connectivity index (χ0) is 24.6. The monoisotopic (exact) mass is 498 g/mol. The Morgan fingerprint density at radius 3 is 2.56 bits per heavy atom. The molecule has 36 heavy (non-hydrogen) atoms. The third kappa shape index (κ3) is 3.89. The van der Waals surface area contributed by atoms with Gasteiger partial charge in [0.2, 0.25) is 5.82 Å². The summed E-state index contributed by atoms with van der Waals surface area (Å²) in [6.45, 7) is 0. The summed E-state index contributed by atoms with van der Waals surface area (Å²) in [5.74, 6) is 2.71. The molecule has 3 heterocycles. The van der Waals surface area contributed by atoms with Crippen LogP contribution < -0.4 is 10.1 Å². The Kier molecular flexibility index (Phi) is 5.85.